The lowest BCUT2D eigenvalue weighted by Crippen LogP contribution is -2.46. The van der Waals surface area contributed by atoms with E-state index in [0.717, 1.165) is 5.56 Å². The first-order valence-electron chi connectivity index (χ1n) is 5.40. The van der Waals surface area contributed by atoms with Gasteiger partial charge in [-0.3, -0.25) is 14.9 Å². The zero-order chi connectivity index (χ0) is 12.7. The summed E-state index contributed by atoms with van der Waals surface area (Å²) in [6.07, 6.45) is 0.479. The maximum atomic E-state index is 11.2. The van der Waals surface area contributed by atoms with E-state index in [4.69, 9.17) is 5.73 Å². The van der Waals surface area contributed by atoms with Crippen molar-refractivity contribution in [2.24, 2.45) is 5.73 Å². The summed E-state index contributed by atoms with van der Waals surface area (Å²) >= 11 is 0. The number of carbonyl (C=O) groups excluding carboxylic acids is 2. The summed E-state index contributed by atoms with van der Waals surface area (Å²) in [4.78, 5) is 22.3. The van der Waals surface area contributed by atoms with Crippen LogP contribution in [0.3, 0.4) is 0 Å². The Bertz CT molecular complexity index is 379. The van der Waals surface area contributed by atoms with Gasteiger partial charge < -0.3 is 11.1 Å². The Morgan fingerprint density at radius 2 is 1.94 bits per heavy atom. The van der Waals surface area contributed by atoms with Crippen LogP contribution < -0.4 is 16.4 Å². The minimum Gasteiger partial charge on any atom is -0.368 e. The zero-order valence-corrected chi connectivity index (χ0v) is 9.77. The van der Waals surface area contributed by atoms with Crippen LogP contribution in [0.4, 0.5) is 0 Å². The molecule has 0 radical (unpaired) electrons. The Labute approximate surface area is 100 Å². The van der Waals surface area contributed by atoms with Crippen LogP contribution in [0.2, 0.25) is 0 Å². The van der Waals surface area contributed by atoms with Crippen LogP contribution in [0.5, 0.6) is 0 Å². The molecule has 0 aromatic heterocycles. The molecule has 1 rings (SSSR count). The van der Waals surface area contributed by atoms with Gasteiger partial charge >= 0.3 is 0 Å². The number of primary amides is 1. The smallest absolute Gasteiger partial charge is 0.234 e. The van der Waals surface area contributed by atoms with Crippen LogP contribution in [0.15, 0.2) is 30.3 Å². The molecular weight excluding hydrogens is 218 g/mol. The molecule has 17 heavy (non-hydrogen) atoms. The Morgan fingerprint density at radius 1 is 1.29 bits per heavy atom. The van der Waals surface area contributed by atoms with Crippen molar-refractivity contribution in [3.05, 3.63) is 35.9 Å². The largest absolute Gasteiger partial charge is 0.368 e. The fourth-order valence-corrected chi connectivity index (χ4v) is 1.43. The number of carbonyl (C=O) groups is 2. The lowest BCUT2D eigenvalue weighted by Gasteiger charge is -2.14. The molecule has 1 aromatic rings. The average Bonchev–Trinajstić information content (AvgIpc) is 2.34. The van der Waals surface area contributed by atoms with E-state index < -0.39 is 11.9 Å². The van der Waals surface area contributed by atoms with Gasteiger partial charge in [-0.1, -0.05) is 30.3 Å². The first kappa shape index (κ1) is 13.2. The molecule has 0 saturated carbocycles. The summed E-state index contributed by atoms with van der Waals surface area (Å²) in [5, 5.41) is 5.30. The van der Waals surface area contributed by atoms with Gasteiger partial charge in [-0.05, 0) is 12.0 Å². The molecule has 2 amide bonds. The minimum atomic E-state index is -0.533. The van der Waals surface area contributed by atoms with Crippen LogP contribution in [-0.2, 0) is 16.0 Å². The van der Waals surface area contributed by atoms with Gasteiger partial charge in [0.05, 0.1) is 12.6 Å². The van der Waals surface area contributed by atoms with Crippen LogP contribution in [-0.4, -0.2) is 31.4 Å². The zero-order valence-electron chi connectivity index (χ0n) is 9.77. The molecule has 1 aromatic carbocycles. The molecule has 0 aliphatic heterocycles. The number of nitrogens with one attached hydrogen (secondary N) is 2. The summed E-state index contributed by atoms with van der Waals surface area (Å²) in [7, 11) is 1.54. The predicted molar refractivity (Wildman–Crippen MR) is 65.2 cm³/mol. The van der Waals surface area contributed by atoms with E-state index in [0.29, 0.717) is 6.42 Å². The quantitative estimate of drug-likeness (QED) is 0.616. The third-order valence-electron chi connectivity index (χ3n) is 2.41. The second-order valence-electron chi connectivity index (χ2n) is 3.70. The van der Waals surface area contributed by atoms with Gasteiger partial charge in [0, 0.05) is 7.05 Å². The summed E-state index contributed by atoms with van der Waals surface area (Å²) in [6.45, 7) is 0.0803. The Hall–Kier alpha value is -1.88. The summed E-state index contributed by atoms with van der Waals surface area (Å²) in [5.41, 5.74) is 6.28. The lowest BCUT2D eigenvalue weighted by molar-refractivity contribution is -0.121. The highest BCUT2D eigenvalue weighted by atomic mass is 16.2. The number of amides is 2. The van der Waals surface area contributed by atoms with Crippen molar-refractivity contribution in [3.8, 4) is 0 Å². The van der Waals surface area contributed by atoms with Crippen molar-refractivity contribution in [3.63, 3.8) is 0 Å². The number of hydrogen-bond donors (Lipinski definition) is 3. The number of likely N-dealkylation sites (N-methyl/N-ethyl adjacent to an activating group) is 1. The third-order valence-corrected chi connectivity index (χ3v) is 2.41. The van der Waals surface area contributed by atoms with Gasteiger partial charge in [0.1, 0.15) is 0 Å². The van der Waals surface area contributed by atoms with Gasteiger partial charge in [0.15, 0.2) is 0 Å². The van der Waals surface area contributed by atoms with E-state index in [9.17, 15) is 9.59 Å². The molecular formula is C12H17N3O2. The molecule has 0 spiro atoms. The highest BCUT2D eigenvalue weighted by Crippen LogP contribution is 2.02. The molecule has 0 fully saturated rings. The maximum Gasteiger partial charge on any atom is 0.234 e. The number of hydrogen-bond acceptors (Lipinski definition) is 3. The number of rotatable bonds is 6. The van der Waals surface area contributed by atoms with Crippen molar-refractivity contribution >= 4 is 11.8 Å². The topological polar surface area (TPSA) is 84.2 Å². The first-order chi connectivity index (χ1) is 8.13. The fourth-order valence-electron chi connectivity index (χ4n) is 1.43. The van der Waals surface area contributed by atoms with E-state index in [1.807, 2.05) is 30.3 Å². The molecule has 0 bridgehead atoms. The monoisotopic (exact) mass is 235 g/mol. The molecule has 0 aliphatic carbocycles. The molecule has 0 heterocycles. The first-order valence-corrected chi connectivity index (χ1v) is 5.40. The third kappa shape index (κ3) is 4.65. The Kier molecular flexibility index (Phi) is 5.16. The number of nitrogens with two attached hydrogens (primary N) is 1. The Balaban J connectivity index is 2.55. The highest BCUT2D eigenvalue weighted by Gasteiger charge is 2.16. The van der Waals surface area contributed by atoms with Crippen LogP contribution in [0.25, 0.3) is 0 Å². The molecule has 0 saturated heterocycles. The van der Waals surface area contributed by atoms with Crippen molar-refractivity contribution < 1.29 is 9.59 Å². The van der Waals surface area contributed by atoms with Crippen molar-refractivity contribution in [1.29, 1.82) is 0 Å². The van der Waals surface area contributed by atoms with Gasteiger partial charge in [0.2, 0.25) is 11.8 Å². The summed E-state index contributed by atoms with van der Waals surface area (Å²) in [6, 6.07) is 8.99. The molecule has 1 atom stereocenters. The van der Waals surface area contributed by atoms with Crippen LogP contribution in [0, 0.1) is 0 Å². The molecule has 1 unspecified atom stereocenters. The second-order valence-corrected chi connectivity index (χ2v) is 3.70. The molecule has 4 N–H and O–H groups in total. The normalized spacial score (nSPS) is 11.8. The predicted octanol–water partition coefficient (Wildman–Crippen LogP) is -0.581. The average molecular weight is 235 g/mol. The van der Waals surface area contributed by atoms with Crippen LogP contribution in [0.1, 0.15) is 5.56 Å². The number of benzene rings is 1. The van der Waals surface area contributed by atoms with Crippen molar-refractivity contribution in [2.45, 2.75) is 12.5 Å². The van der Waals surface area contributed by atoms with E-state index in [1.165, 1.54) is 0 Å². The van der Waals surface area contributed by atoms with Gasteiger partial charge in [0.25, 0.3) is 0 Å². The SMILES string of the molecule is CNC(=O)CNC(Cc1ccccc1)C(N)=O. The Morgan fingerprint density at radius 3 is 2.47 bits per heavy atom. The highest BCUT2D eigenvalue weighted by molar-refractivity contribution is 5.82. The molecule has 92 valence electrons. The van der Waals surface area contributed by atoms with E-state index in [2.05, 4.69) is 10.6 Å². The second kappa shape index (κ2) is 6.65. The molecule has 0 aliphatic rings. The minimum absolute atomic E-state index is 0.0803. The van der Waals surface area contributed by atoms with E-state index >= 15 is 0 Å². The van der Waals surface area contributed by atoms with E-state index in [1.54, 1.807) is 7.05 Å². The molecule has 5 nitrogen and oxygen atoms in total. The van der Waals surface area contributed by atoms with E-state index in [-0.39, 0.29) is 12.5 Å². The van der Waals surface area contributed by atoms with Crippen molar-refractivity contribution in [1.82, 2.24) is 10.6 Å². The summed E-state index contributed by atoms with van der Waals surface area (Å²) in [5.74, 6) is -0.637. The standard InChI is InChI=1S/C12H17N3O2/c1-14-11(16)8-15-10(12(13)17)7-9-5-3-2-4-6-9/h2-6,10,15H,7-8H2,1H3,(H2,13,17)(H,14,16). The van der Waals surface area contributed by atoms with Crippen molar-refractivity contribution in [2.75, 3.05) is 13.6 Å². The van der Waals surface area contributed by atoms with Gasteiger partial charge in [-0.2, -0.15) is 0 Å². The summed E-state index contributed by atoms with van der Waals surface area (Å²) < 4.78 is 0. The fraction of sp³-hybridized carbons (Fsp3) is 0.333. The molecule has 5 heteroatoms. The lowest BCUT2D eigenvalue weighted by atomic mass is 10.1. The van der Waals surface area contributed by atoms with Crippen LogP contribution >= 0.6 is 0 Å². The maximum absolute atomic E-state index is 11.2. The van der Waals surface area contributed by atoms with Gasteiger partial charge in [-0.15, -0.1) is 0 Å². The van der Waals surface area contributed by atoms with Gasteiger partial charge in [-0.25, -0.2) is 0 Å².